The van der Waals surface area contributed by atoms with Gasteiger partial charge in [-0.25, -0.2) is 0 Å². The van der Waals surface area contributed by atoms with Crippen LogP contribution in [0.3, 0.4) is 0 Å². The highest BCUT2D eigenvalue weighted by atomic mass is 32.1. The number of methoxy groups -OCH3 is 1. The van der Waals surface area contributed by atoms with Crippen LogP contribution in [-0.4, -0.2) is 47.9 Å². The Labute approximate surface area is 201 Å². The number of amides is 2. The lowest BCUT2D eigenvalue weighted by Gasteiger charge is -2.38. The van der Waals surface area contributed by atoms with E-state index < -0.39 is 0 Å². The molecule has 2 aliphatic rings. The standard InChI is InChI=1S/C27H36N2O3S/c1-19(2)29(25(30)13-8-20-6-4-5-7-20)18-26(31)28-16-14-24-23(15-17-33-24)27(28)21-9-11-22(32-3)12-10-21/h9-12,15,17,19-20,27H,4-8,13-14,16,18H2,1-3H3. The molecule has 1 aromatic carbocycles. The Morgan fingerprint density at radius 3 is 2.55 bits per heavy atom. The SMILES string of the molecule is COc1ccc(C2c3ccsc3CCN2C(=O)CN(C(=O)CCC2CCCC2)C(C)C)cc1. The zero-order chi connectivity index (χ0) is 23.4. The summed E-state index contributed by atoms with van der Waals surface area (Å²) < 4.78 is 5.33. The first-order valence-corrected chi connectivity index (χ1v) is 13.1. The number of ether oxygens (including phenoxy) is 1. The van der Waals surface area contributed by atoms with E-state index in [9.17, 15) is 9.59 Å². The molecule has 1 aromatic heterocycles. The van der Waals surface area contributed by atoms with Gasteiger partial charge in [0, 0.05) is 23.9 Å². The molecule has 1 fully saturated rings. The Hall–Kier alpha value is -2.34. The summed E-state index contributed by atoms with van der Waals surface area (Å²) >= 11 is 1.76. The van der Waals surface area contributed by atoms with Crippen LogP contribution in [0.4, 0.5) is 0 Å². The quantitative estimate of drug-likeness (QED) is 0.518. The van der Waals surface area contributed by atoms with Gasteiger partial charge in [0.15, 0.2) is 0 Å². The molecule has 178 valence electrons. The van der Waals surface area contributed by atoms with Crippen molar-refractivity contribution in [3.05, 3.63) is 51.7 Å². The van der Waals surface area contributed by atoms with Crippen molar-refractivity contribution in [2.24, 2.45) is 5.92 Å². The number of rotatable bonds is 8. The smallest absolute Gasteiger partial charge is 0.243 e. The Morgan fingerprint density at radius 2 is 1.88 bits per heavy atom. The average Bonchev–Trinajstić information content (AvgIpc) is 3.52. The maximum atomic E-state index is 13.6. The maximum absolute atomic E-state index is 13.6. The van der Waals surface area contributed by atoms with Gasteiger partial charge in [-0.15, -0.1) is 11.3 Å². The summed E-state index contributed by atoms with van der Waals surface area (Å²) in [6, 6.07) is 10.0. The predicted octanol–water partition coefficient (Wildman–Crippen LogP) is 5.44. The monoisotopic (exact) mass is 468 g/mol. The molecule has 2 heterocycles. The zero-order valence-corrected chi connectivity index (χ0v) is 20.9. The van der Waals surface area contributed by atoms with Gasteiger partial charge in [0.1, 0.15) is 12.3 Å². The summed E-state index contributed by atoms with van der Waals surface area (Å²) in [5, 5.41) is 2.11. The Bertz CT molecular complexity index is 947. The Balaban J connectivity index is 1.50. The van der Waals surface area contributed by atoms with Crippen molar-refractivity contribution in [2.75, 3.05) is 20.2 Å². The van der Waals surface area contributed by atoms with Crippen LogP contribution in [0.15, 0.2) is 35.7 Å². The van der Waals surface area contributed by atoms with Gasteiger partial charge in [-0.3, -0.25) is 9.59 Å². The number of hydrogen-bond donors (Lipinski definition) is 0. The second-order valence-electron chi connectivity index (χ2n) is 9.62. The molecule has 33 heavy (non-hydrogen) atoms. The first kappa shape index (κ1) is 23.8. The fraction of sp³-hybridized carbons (Fsp3) is 0.556. The number of carbonyl (C=O) groups is 2. The highest BCUT2D eigenvalue weighted by Crippen LogP contribution is 2.38. The van der Waals surface area contributed by atoms with Crippen LogP contribution in [-0.2, 0) is 16.0 Å². The predicted molar refractivity (Wildman–Crippen MR) is 133 cm³/mol. The van der Waals surface area contributed by atoms with Crippen molar-refractivity contribution < 1.29 is 14.3 Å². The van der Waals surface area contributed by atoms with Gasteiger partial charge in [-0.2, -0.15) is 0 Å². The molecular weight excluding hydrogens is 432 g/mol. The highest BCUT2D eigenvalue weighted by Gasteiger charge is 2.34. The summed E-state index contributed by atoms with van der Waals surface area (Å²) in [5.74, 6) is 1.61. The molecule has 2 aromatic rings. The lowest BCUT2D eigenvalue weighted by molar-refractivity contribution is -0.143. The molecule has 2 amide bonds. The third kappa shape index (κ3) is 5.43. The van der Waals surface area contributed by atoms with Crippen molar-refractivity contribution in [2.45, 2.75) is 70.9 Å². The van der Waals surface area contributed by atoms with E-state index in [4.69, 9.17) is 4.74 Å². The number of hydrogen-bond acceptors (Lipinski definition) is 4. The minimum Gasteiger partial charge on any atom is -0.497 e. The maximum Gasteiger partial charge on any atom is 0.243 e. The van der Waals surface area contributed by atoms with Gasteiger partial charge < -0.3 is 14.5 Å². The van der Waals surface area contributed by atoms with Crippen LogP contribution >= 0.6 is 11.3 Å². The molecule has 6 heteroatoms. The molecule has 0 bridgehead atoms. The fourth-order valence-corrected chi connectivity index (χ4v) is 6.20. The Kier molecular flexibility index (Phi) is 7.74. The van der Waals surface area contributed by atoms with E-state index in [-0.39, 0.29) is 30.4 Å². The van der Waals surface area contributed by atoms with E-state index in [2.05, 4.69) is 11.4 Å². The molecule has 1 aliphatic heterocycles. The van der Waals surface area contributed by atoms with E-state index >= 15 is 0 Å². The van der Waals surface area contributed by atoms with Crippen molar-refractivity contribution in [3.8, 4) is 5.75 Å². The normalized spacial score (nSPS) is 18.4. The second-order valence-corrected chi connectivity index (χ2v) is 10.6. The van der Waals surface area contributed by atoms with E-state index in [0.29, 0.717) is 18.9 Å². The first-order chi connectivity index (χ1) is 16.0. The summed E-state index contributed by atoms with van der Waals surface area (Å²) in [6.07, 6.45) is 7.43. The lowest BCUT2D eigenvalue weighted by atomic mass is 9.93. The molecule has 0 radical (unpaired) electrons. The van der Waals surface area contributed by atoms with Gasteiger partial charge in [0.2, 0.25) is 11.8 Å². The van der Waals surface area contributed by atoms with Crippen molar-refractivity contribution in [1.82, 2.24) is 9.80 Å². The number of carbonyl (C=O) groups excluding carboxylic acids is 2. The topological polar surface area (TPSA) is 49.9 Å². The van der Waals surface area contributed by atoms with E-state index in [0.717, 1.165) is 24.2 Å². The minimum atomic E-state index is -0.124. The van der Waals surface area contributed by atoms with E-state index in [1.54, 1.807) is 23.3 Å². The average molecular weight is 469 g/mol. The second kappa shape index (κ2) is 10.7. The third-order valence-corrected chi connectivity index (χ3v) is 8.20. The molecular formula is C27H36N2O3S. The molecule has 0 saturated heterocycles. The van der Waals surface area contributed by atoms with E-state index in [1.165, 1.54) is 36.1 Å². The first-order valence-electron chi connectivity index (χ1n) is 12.3. The molecule has 4 rings (SSSR count). The van der Waals surface area contributed by atoms with Gasteiger partial charge in [-0.1, -0.05) is 37.8 Å². The molecule has 5 nitrogen and oxygen atoms in total. The molecule has 0 N–H and O–H groups in total. The van der Waals surface area contributed by atoms with Crippen LogP contribution in [0.25, 0.3) is 0 Å². The molecule has 1 saturated carbocycles. The summed E-state index contributed by atoms with van der Waals surface area (Å²) in [6.45, 7) is 4.84. The van der Waals surface area contributed by atoms with Crippen LogP contribution in [0, 0.1) is 5.92 Å². The van der Waals surface area contributed by atoms with Crippen molar-refractivity contribution in [3.63, 3.8) is 0 Å². The molecule has 1 unspecified atom stereocenters. The number of benzene rings is 1. The minimum absolute atomic E-state index is 0.00552. The van der Waals surface area contributed by atoms with Gasteiger partial charge in [-0.05, 0) is 67.3 Å². The number of thiophene rings is 1. The molecule has 1 aliphatic carbocycles. The fourth-order valence-electron chi connectivity index (χ4n) is 5.30. The van der Waals surface area contributed by atoms with Crippen LogP contribution in [0.1, 0.15) is 74.4 Å². The van der Waals surface area contributed by atoms with Gasteiger partial charge >= 0.3 is 0 Å². The van der Waals surface area contributed by atoms with Crippen molar-refractivity contribution in [1.29, 1.82) is 0 Å². The lowest BCUT2D eigenvalue weighted by Crippen LogP contribution is -2.48. The van der Waals surface area contributed by atoms with Crippen LogP contribution in [0.2, 0.25) is 0 Å². The summed E-state index contributed by atoms with van der Waals surface area (Å²) in [7, 11) is 1.66. The van der Waals surface area contributed by atoms with Crippen LogP contribution in [0.5, 0.6) is 5.75 Å². The number of fused-ring (bicyclic) bond motifs is 1. The zero-order valence-electron chi connectivity index (χ0n) is 20.1. The van der Waals surface area contributed by atoms with Gasteiger partial charge in [0.25, 0.3) is 0 Å². The van der Waals surface area contributed by atoms with Crippen molar-refractivity contribution >= 4 is 23.2 Å². The third-order valence-electron chi connectivity index (χ3n) is 7.21. The molecule has 0 spiro atoms. The van der Waals surface area contributed by atoms with E-state index in [1.807, 2.05) is 43.0 Å². The summed E-state index contributed by atoms with van der Waals surface area (Å²) in [4.78, 5) is 31.8. The molecule has 1 atom stereocenters. The summed E-state index contributed by atoms with van der Waals surface area (Å²) in [5.41, 5.74) is 2.28. The van der Waals surface area contributed by atoms with Crippen LogP contribution < -0.4 is 4.74 Å². The Morgan fingerprint density at radius 1 is 1.15 bits per heavy atom. The largest absolute Gasteiger partial charge is 0.497 e. The number of nitrogens with zero attached hydrogens (tertiary/aromatic N) is 2. The van der Waals surface area contributed by atoms with Gasteiger partial charge in [0.05, 0.1) is 13.2 Å². The highest BCUT2D eigenvalue weighted by molar-refractivity contribution is 7.10.